The molecule has 1 aliphatic heterocycles. The molecule has 0 aromatic carbocycles. The predicted molar refractivity (Wildman–Crippen MR) is 73.4 cm³/mol. The van der Waals surface area contributed by atoms with Crippen molar-refractivity contribution in [2.45, 2.75) is 37.8 Å². The number of aliphatic carboxylic acids is 1. The maximum Gasteiger partial charge on any atom is 0.326 e. The minimum absolute atomic E-state index is 0.195. The Morgan fingerprint density at radius 2 is 2.25 bits per heavy atom. The van der Waals surface area contributed by atoms with Crippen LogP contribution >= 0.6 is 0 Å². The molecule has 0 spiro atoms. The van der Waals surface area contributed by atoms with Gasteiger partial charge in [0.05, 0.1) is 6.10 Å². The molecule has 3 atom stereocenters. The number of amides is 2. The molecular weight excluding hydrogens is 260 g/mol. The van der Waals surface area contributed by atoms with Gasteiger partial charge in [-0.3, -0.25) is 0 Å². The highest BCUT2D eigenvalue weighted by Crippen LogP contribution is 2.21. The van der Waals surface area contributed by atoms with E-state index in [1.54, 1.807) is 7.11 Å². The summed E-state index contributed by atoms with van der Waals surface area (Å²) < 4.78 is 5.17. The number of carboxylic acids is 1. The molecule has 6 heteroatoms. The number of nitrogens with one attached hydrogen (secondary N) is 1. The molecule has 2 rings (SSSR count). The van der Waals surface area contributed by atoms with Gasteiger partial charge in [0, 0.05) is 26.6 Å². The number of hydrogen-bond acceptors (Lipinski definition) is 3. The molecule has 1 heterocycles. The Morgan fingerprint density at radius 3 is 2.85 bits per heavy atom. The third-order valence-electron chi connectivity index (χ3n) is 4.06. The van der Waals surface area contributed by atoms with Gasteiger partial charge in [-0.15, -0.1) is 0 Å². The normalized spacial score (nSPS) is 29.4. The van der Waals surface area contributed by atoms with Gasteiger partial charge in [0.2, 0.25) is 0 Å². The lowest BCUT2D eigenvalue weighted by Crippen LogP contribution is -2.47. The van der Waals surface area contributed by atoms with Crippen LogP contribution in [0.4, 0.5) is 4.79 Å². The molecule has 1 aliphatic carbocycles. The van der Waals surface area contributed by atoms with Gasteiger partial charge < -0.3 is 20.1 Å². The van der Waals surface area contributed by atoms with E-state index in [-0.39, 0.29) is 12.1 Å². The van der Waals surface area contributed by atoms with Crippen LogP contribution in [-0.4, -0.2) is 54.4 Å². The summed E-state index contributed by atoms with van der Waals surface area (Å²) in [4.78, 5) is 24.7. The molecule has 112 valence electrons. The SMILES string of the molecule is COC1CC(C(=O)O)N(C(=O)NCC2CC=CCC2)C1. The molecule has 2 amide bonds. The average Bonchev–Trinajstić information content (AvgIpc) is 2.90. The second kappa shape index (κ2) is 6.74. The Balaban J connectivity index is 1.86. The molecule has 0 bridgehead atoms. The Labute approximate surface area is 118 Å². The summed E-state index contributed by atoms with van der Waals surface area (Å²) in [5, 5.41) is 12.0. The van der Waals surface area contributed by atoms with Gasteiger partial charge in [-0.25, -0.2) is 9.59 Å². The Hall–Kier alpha value is -1.56. The fourth-order valence-corrected chi connectivity index (χ4v) is 2.80. The molecule has 20 heavy (non-hydrogen) atoms. The van der Waals surface area contributed by atoms with E-state index in [1.165, 1.54) is 4.90 Å². The second-order valence-corrected chi connectivity index (χ2v) is 5.44. The van der Waals surface area contributed by atoms with Gasteiger partial charge >= 0.3 is 12.0 Å². The Morgan fingerprint density at radius 1 is 1.45 bits per heavy atom. The van der Waals surface area contributed by atoms with Crippen molar-refractivity contribution >= 4 is 12.0 Å². The maximum absolute atomic E-state index is 12.1. The van der Waals surface area contributed by atoms with Crippen LogP contribution in [0.1, 0.15) is 25.7 Å². The summed E-state index contributed by atoms with van der Waals surface area (Å²) in [6.45, 7) is 0.938. The van der Waals surface area contributed by atoms with Gasteiger partial charge in [-0.1, -0.05) is 12.2 Å². The fraction of sp³-hybridized carbons (Fsp3) is 0.714. The molecule has 2 aliphatic rings. The fourth-order valence-electron chi connectivity index (χ4n) is 2.80. The van der Waals surface area contributed by atoms with E-state index in [4.69, 9.17) is 4.74 Å². The first-order valence-electron chi connectivity index (χ1n) is 7.07. The topological polar surface area (TPSA) is 78.9 Å². The summed E-state index contributed by atoms with van der Waals surface area (Å²) >= 11 is 0. The van der Waals surface area contributed by atoms with Crippen LogP contribution in [0.25, 0.3) is 0 Å². The van der Waals surface area contributed by atoms with E-state index in [0.717, 1.165) is 19.3 Å². The largest absolute Gasteiger partial charge is 0.480 e. The van der Waals surface area contributed by atoms with Crippen LogP contribution in [0.15, 0.2) is 12.2 Å². The molecule has 0 saturated carbocycles. The summed E-state index contributed by atoms with van der Waals surface area (Å²) in [5.74, 6) is -0.520. The third-order valence-corrected chi connectivity index (χ3v) is 4.06. The van der Waals surface area contributed by atoms with Crippen LogP contribution in [-0.2, 0) is 9.53 Å². The van der Waals surface area contributed by atoms with E-state index < -0.39 is 12.0 Å². The number of allylic oxidation sites excluding steroid dienone is 2. The first-order chi connectivity index (χ1) is 9.61. The summed E-state index contributed by atoms with van der Waals surface area (Å²) in [6, 6.07) is -1.09. The molecule has 0 aromatic heterocycles. The average molecular weight is 282 g/mol. The number of urea groups is 1. The van der Waals surface area contributed by atoms with Crippen LogP contribution in [0, 0.1) is 5.92 Å². The van der Waals surface area contributed by atoms with Crippen molar-refractivity contribution in [1.82, 2.24) is 10.2 Å². The summed E-state index contributed by atoms with van der Waals surface area (Å²) in [5.41, 5.74) is 0. The van der Waals surface area contributed by atoms with E-state index in [0.29, 0.717) is 25.4 Å². The highest BCUT2D eigenvalue weighted by molar-refractivity contribution is 5.83. The summed E-state index contributed by atoms with van der Waals surface area (Å²) in [6.07, 6.45) is 7.54. The Kier molecular flexibility index (Phi) is 5.00. The van der Waals surface area contributed by atoms with Crippen molar-refractivity contribution in [3.63, 3.8) is 0 Å². The lowest BCUT2D eigenvalue weighted by atomic mass is 9.94. The van der Waals surface area contributed by atoms with Crippen molar-refractivity contribution in [2.75, 3.05) is 20.2 Å². The van der Waals surface area contributed by atoms with Gasteiger partial charge in [-0.05, 0) is 25.2 Å². The second-order valence-electron chi connectivity index (χ2n) is 5.44. The highest BCUT2D eigenvalue weighted by Gasteiger charge is 2.39. The van der Waals surface area contributed by atoms with E-state index in [2.05, 4.69) is 17.5 Å². The van der Waals surface area contributed by atoms with Crippen molar-refractivity contribution in [3.8, 4) is 0 Å². The van der Waals surface area contributed by atoms with E-state index in [9.17, 15) is 14.7 Å². The number of methoxy groups -OCH3 is 1. The van der Waals surface area contributed by atoms with Crippen molar-refractivity contribution in [1.29, 1.82) is 0 Å². The zero-order valence-electron chi connectivity index (χ0n) is 11.7. The smallest absolute Gasteiger partial charge is 0.326 e. The lowest BCUT2D eigenvalue weighted by molar-refractivity contribution is -0.141. The summed E-state index contributed by atoms with van der Waals surface area (Å²) in [7, 11) is 1.54. The lowest BCUT2D eigenvalue weighted by Gasteiger charge is -2.24. The molecule has 3 unspecified atom stereocenters. The first kappa shape index (κ1) is 14.8. The number of hydrogen-bond donors (Lipinski definition) is 2. The highest BCUT2D eigenvalue weighted by atomic mass is 16.5. The van der Waals surface area contributed by atoms with Crippen molar-refractivity contribution in [2.24, 2.45) is 5.92 Å². The van der Waals surface area contributed by atoms with E-state index in [1.807, 2.05) is 0 Å². The molecule has 6 nitrogen and oxygen atoms in total. The number of carbonyl (C=O) groups is 2. The van der Waals surface area contributed by atoms with E-state index >= 15 is 0 Å². The zero-order chi connectivity index (χ0) is 14.5. The first-order valence-corrected chi connectivity index (χ1v) is 7.07. The van der Waals surface area contributed by atoms with Crippen molar-refractivity contribution < 1.29 is 19.4 Å². The van der Waals surface area contributed by atoms with Crippen molar-refractivity contribution in [3.05, 3.63) is 12.2 Å². The van der Waals surface area contributed by atoms with Gasteiger partial charge in [-0.2, -0.15) is 0 Å². The molecule has 1 fully saturated rings. The monoisotopic (exact) mass is 282 g/mol. The third kappa shape index (κ3) is 3.50. The van der Waals surface area contributed by atoms with Gasteiger partial charge in [0.1, 0.15) is 6.04 Å². The number of likely N-dealkylation sites (tertiary alicyclic amines) is 1. The maximum atomic E-state index is 12.1. The zero-order valence-corrected chi connectivity index (χ0v) is 11.7. The number of carboxylic acid groups (broad SMARTS) is 1. The molecule has 2 N–H and O–H groups in total. The van der Waals surface area contributed by atoms with Crippen LogP contribution < -0.4 is 5.32 Å². The molecule has 0 aromatic rings. The molecule has 1 saturated heterocycles. The van der Waals surface area contributed by atoms with Crippen LogP contribution in [0.3, 0.4) is 0 Å². The number of rotatable bonds is 4. The standard InChI is InChI=1S/C14H22N2O4/c1-20-11-7-12(13(17)18)16(9-11)14(19)15-8-10-5-3-2-4-6-10/h2-3,10-12H,4-9H2,1H3,(H,15,19)(H,17,18). The van der Waals surface area contributed by atoms with Gasteiger partial charge in [0.15, 0.2) is 0 Å². The quantitative estimate of drug-likeness (QED) is 0.760. The number of ether oxygens (including phenoxy) is 1. The Bertz CT molecular complexity index is 397. The minimum atomic E-state index is -0.972. The van der Waals surface area contributed by atoms with Gasteiger partial charge in [0.25, 0.3) is 0 Å². The molecule has 0 radical (unpaired) electrons. The number of nitrogens with zero attached hydrogens (tertiary/aromatic N) is 1. The van der Waals surface area contributed by atoms with Crippen LogP contribution in [0.5, 0.6) is 0 Å². The molecular formula is C14H22N2O4. The number of carbonyl (C=O) groups excluding carboxylic acids is 1. The predicted octanol–water partition coefficient (Wildman–Crippen LogP) is 1.23. The minimum Gasteiger partial charge on any atom is -0.480 e. The van der Waals surface area contributed by atoms with Crippen LogP contribution in [0.2, 0.25) is 0 Å².